The van der Waals surface area contributed by atoms with Gasteiger partial charge in [0.05, 0.1) is 0 Å². The lowest BCUT2D eigenvalue weighted by molar-refractivity contribution is 0.147. The minimum atomic E-state index is 0.103. The van der Waals surface area contributed by atoms with E-state index in [1.165, 1.54) is 32.1 Å². The van der Waals surface area contributed by atoms with E-state index in [2.05, 4.69) is 33.1 Å². The van der Waals surface area contributed by atoms with E-state index in [0.717, 1.165) is 16.5 Å². The van der Waals surface area contributed by atoms with Crippen LogP contribution in [0.4, 0.5) is 0 Å². The lowest BCUT2D eigenvalue weighted by Crippen LogP contribution is -2.26. The van der Waals surface area contributed by atoms with Crippen molar-refractivity contribution in [1.82, 2.24) is 5.32 Å². The van der Waals surface area contributed by atoms with E-state index >= 15 is 0 Å². The summed E-state index contributed by atoms with van der Waals surface area (Å²) < 4.78 is 5.08. The maximum absolute atomic E-state index is 5.08. The molecule has 0 unspecified atom stereocenters. The van der Waals surface area contributed by atoms with E-state index in [9.17, 15) is 0 Å². The van der Waals surface area contributed by atoms with Crippen LogP contribution < -0.4 is 5.32 Å². The molecule has 0 radical (unpaired) electrons. The van der Waals surface area contributed by atoms with Gasteiger partial charge in [0, 0.05) is 11.6 Å². The molecular weight excluding hydrogens is 190 g/mol. The molecular formula is C11H27NOSi. The molecule has 0 aromatic rings. The summed E-state index contributed by atoms with van der Waals surface area (Å²) in [5, 5.41) is 3.30. The largest absolute Gasteiger partial charge is 0.423 e. The number of hydrogen-bond acceptors (Lipinski definition) is 2. The second kappa shape index (κ2) is 7.43. The van der Waals surface area contributed by atoms with Gasteiger partial charge in [-0.25, -0.2) is 0 Å². The molecule has 0 aromatic heterocycles. The van der Waals surface area contributed by atoms with Crippen LogP contribution in [0.5, 0.6) is 0 Å². The van der Waals surface area contributed by atoms with E-state index in [1.54, 1.807) is 0 Å². The predicted octanol–water partition coefficient (Wildman–Crippen LogP) is 1.62. The molecule has 1 aliphatic rings. The monoisotopic (exact) mass is 217 g/mol. The number of hydrogen-bond donors (Lipinski definition) is 1. The molecule has 1 aliphatic carbocycles. The average molecular weight is 217 g/mol. The van der Waals surface area contributed by atoms with E-state index < -0.39 is 0 Å². The van der Waals surface area contributed by atoms with Crippen LogP contribution in [0.25, 0.3) is 0 Å². The zero-order chi connectivity index (χ0) is 11.0. The predicted molar refractivity (Wildman–Crippen MR) is 66.7 cm³/mol. The van der Waals surface area contributed by atoms with Gasteiger partial charge in [0.2, 0.25) is 0 Å². The van der Waals surface area contributed by atoms with Crippen molar-refractivity contribution in [1.29, 1.82) is 0 Å². The molecule has 3 heteroatoms. The third-order valence-electron chi connectivity index (χ3n) is 2.63. The molecule has 2 nitrogen and oxygen atoms in total. The van der Waals surface area contributed by atoms with Gasteiger partial charge in [0.15, 0.2) is 0 Å². The summed E-state index contributed by atoms with van der Waals surface area (Å²) in [6.45, 7) is 6.17. The van der Waals surface area contributed by atoms with Crippen molar-refractivity contribution >= 4 is 10.5 Å². The van der Waals surface area contributed by atoms with E-state index in [0.29, 0.717) is 0 Å². The summed E-state index contributed by atoms with van der Waals surface area (Å²) in [5.74, 6) is 0. The molecule has 0 atom stereocenters. The van der Waals surface area contributed by atoms with Gasteiger partial charge in [-0.2, -0.15) is 0 Å². The minimum absolute atomic E-state index is 0.103. The molecule has 0 heterocycles. The van der Waals surface area contributed by atoms with Gasteiger partial charge in [-0.05, 0) is 40.7 Å². The zero-order valence-electron chi connectivity index (χ0n) is 10.5. The molecule has 86 valence electrons. The highest BCUT2D eigenvalue weighted by molar-refractivity contribution is 5.98. The Kier molecular flexibility index (Phi) is 7.50. The summed E-state index contributed by atoms with van der Waals surface area (Å²) >= 11 is 0. The zero-order valence-corrected chi connectivity index (χ0v) is 12.5. The van der Waals surface area contributed by atoms with Crippen LogP contribution in [0.15, 0.2) is 0 Å². The van der Waals surface area contributed by atoms with Crippen molar-refractivity contribution < 1.29 is 4.43 Å². The van der Waals surface area contributed by atoms with Crippen molar-refractivity contribution in [2.24, 2.45) is 0 Å². The van der Waals surface area contributed by atoms with Crippen molar-refractivity contribution in [3.8, 4) is 0 Å². The lowest BCUT2D eigenvalue weighted by Gasteiger charge is -2.20. The Labute approximate surface area is 92.3 Å². The Morgan fingerprint density at radius 1 is 1.14 bits per heavy atom. The van der Waals surface area contributed by atoms with Crippen molar-refractivity contribution in [2.45, 2.75) is 64.5 Å². The van der Waals surface area contributed by atoms with Crippen LogP contribution in [-0.2, 0) is 4.43 Å². The second-order valence-electron chi connectivity index (χ2n) is 4.94. The summed E-state index contributed by atoms with van der Waals surface area (Å²) in [5.41, 5.74) is 0.103. The third-order valence-corrected chi connectivity index (χ3v) is 3.85. The fourth-order valence-electron chi connectivity index (χ4n) is 1.39. The number of nitrogens with one attached hydrogen (secondary N) is 1. The quantitative estimate of drug-likeness (QED) is 0.674. The van der Waals surface area contributed by atoms with Crippen LogP contribution in [0.3, 0.4) is 0 Å². The van der Waals surface area contributed by atoms with Gasteiger partial charge in [-0.3, -0.25) is 0 Å². The molecule has 0 saturated heterocycles. The van der Waals surface area contributed by atoms with Gasteiger partial charge < -0.3 is 9.74 Å². The first-order valence-corrected chi connectivity index (χ1v) is 6.53. The van der Waals surface area contributed by atoms with E-state index in [1.807, 2.05) is 0 Å². The highest BCUT2D eigenvalue weighted by atomic mass is 28.2. The summed E-state index contributed by atoms with van der Waals surface area (Å²) in [4.78, 5) is 0. The maximum atomic E-state index is 5.08. The molecule has 0 spiro atoms. The molecule has 1 N–H and O–H groups in total. The standard InChI is InChI=1S/C7H15N.C4H12OSi/c1-8-7-5-3-2-4-6-7;1-4(2,3)5-6/h7-8H,2-6H2,1H3;1-3,6H3. The van der Waals surface area contributed by atoms with Crippen LogP contribution >= 0.6 is 0 Å². The van der Waals surface area contributed by atoms with E-state index in [-0.39, 0.29) is 5.60 Å². The molecule has 0 aliphatic heterocycles. The maximum Gasteiger partial charge on any atom is 0.146 e. The fraction of sp³-hybridized carbons (Fsp3) is 1.00. The van der Waals surface area contributed by atoms with Gasteiger partial charge in [0.25, 0.3) is 0 Å². The third kappa shape index (κ3) is 8.72. The Morgan fingerprint density at radius 3 is 1.79 bits per heavy atom. The smallest absolute Gasteiger partial charge is 0.146 e. The first-order valence-electron chi connectivity index (χ1n) is 5.72. The lowest BCUT2D eigenvalue weighted by atomic mass is 9.96. The topological polar surface area (TPSA) is 21.3 Å². The van der Waals surface area contributed by atoms with Gasteiger partial charge in [-0.1, -0.05) is 19.3 Å². The fourth-order valence-corrected chi connectivity index (χ4v) is 1.39. The van der Waals surface area contributed by atoms with Crippen LogP contribution in [0.2, 0.25) is 0 Å². The first-order chi connectivity index (χ1) is 6.49. The SMILES string of the molecule is CC(C)(C)O[SiH3].CNC1CCCCC1. The van der Waals surface area contributed by atoms with E-state index in [4.69, 9.17) is 4.43 Å². The molecule has 1 rings (SSSR count). The number of rotatable bonds is 1. The Bertz CT molecular complexity index is 128. The second-order valence-corrected chi connectivity index (χ2v) is 5.35. The minimum Gasteiger partial charge on any atom is -0.423 e. The molecule has 0 aromatic carbocycles. The van der Waals surface area contributed by atoms with Crippen LogP contribution in [-0.4, -0.2) is 29.2 Å². The van der Waals surface area contributed by atoms with Gasteiger partial charge in [-0.15, -0.1) is 0 Å². The molecule has 0 amide bonds. The highest BCUT2D eigenvalue weighted by Crippen LogP contribution is 2.16. The molecule has 0 bridgehead atoms. The summed E-state index contributed by atoms with van der Waals surface area (Å²) in [6.07, 6.45) is 7.13. The average Bonchev–Trinajstić information content (AvgIpc) is 2.19. The Morgan fingerprint density at radius 2 is 1.57 bits per heavy atom. The van der Waals surface area contributed by atoms with Gasteiger partial charge >= 0.3 is 0 Å². The van der Waals surface area contributed by atoms with Crippen molar-refractivity contribution in [2.75, 3.05) is 7.05 Å². The molecule has 14 heavy (non-hydrogen) atoms. The van der Waals surface area contributed by atoms with Crippen molar-refractivity contribution in [3.63, 3.8) is 0 Å². The Hall–Kier alpha value is 0.137. The van der Waals surface area contributed by atoms with Crippen LogP contribution in [0, 0.1) is 0 Å². The summed E-state index contributed by atoms with van der Waals surface area (Å²) in [6, 6.07) is 0.837. The highest BCUT2D eigenvalue weighted by Gasteiger charge is 2.09. The van der Waals surface area contributed by atoms with Crippen LogP contribution in [0.1, 0.15) is 52.9 Å². The van der Waals surface area contributed by atoms with Crippen molar-refractivity contribution in [3.05, 3.63) is 0 Å². The molecule has 1 fully saturated rings. The summed E-state index contributed by atoms with van der Waals surface area (Å²) in [7, 11) is 2.91. The first kappa shape index (κ1) is 14.1. The van der Waals surface area contributed by atoms with Gasteiger partial charge in [0.1, 0.15) is 10.5 Å². The Balaban J connectivity index is 0.000000255. The molecule has 1 saturated carbocycles. The normalized spacial score (nSPS) is 18.9.